The number of nitrogens with zero attached hydrogens (tertiary/aromatic N) is 3. The molecule has 1 aliphatic rings. The molecule has 1 atom stereocenters. The molecule has 0 aromatic carbocycles. The molecule has 0 unspecified atom stereocenters. The predicted octanol–water partition coefficient (Wildman–Crippen LogP) is 1.92. The van der Waals surface area contributed by atoms with Gasteiger partial charge in [0.25, 0.3) is 0 Å². The van der Waals surface area contributed by atoms with Gasteiger partial charge >= 0.3 is 0 Å². The smallest absolute Gasteiger partial charge is 0.247 e. The number of carbonyl (C=O) groups is 1. The van der Waals surface area contributed by atoms with E-state index in [0.717, 1.165) is 31.6 Å². The van der Waals surface area contributed by atoms with Crippen LogP contribution in [0.15, 0.2) is 24.5 Å². The minimum atomic E-state index is -0.411. The second-order valence-corrected chi connectivity index (χ2v) is 5.05. The molecule has 18 heavy (non-hydrogen) atoms. The molecular weight excluding hydrogens is 226 g/mol. The van der Waals surface area contributed by atoms with Crippen LogP contribution >= 0.6 is 0 Å². The summed E-state index contributed by atoms with van der Waals surface area (Å²) in [7, 11) is 1.87. The van der Waals surface area contributed by atoms with Crippen LogP contribution in [-0.2, 0) is 4.79 Å². The topological polar surface area (TPSA) is 36.4 Å². The lowest BCUT2D eigenvalue weighted by atomic mass is 9.96. The van der Waals surface area contributed by atoms with Crippen molar-refractivity contribution in [3.63, 3.8) is 0 Å². The van der Waals surface area contributed by atoms with Crippen molar-refractivity contribution in [2.45, 2.75) is 32.2 Å². The van der Waals surface area contributed by atoms with Crippen molar-refractivity contribution in [2.75, 3.05) is 25.0 Å². The fourth-order valence-electron chi connectivity index (χ4n) is 2.68. The number of likely N-dealkylation sites (N-methyl/N-ethyl adjacent to an activating group) is 1. The number of amides is 1. The summed E-state index contributed by atoms with van der Waals surface area (Å²) >= 11 is 0. The third-order valence-corrected chi connectivity index (χ3v) is 3.90. The number of carbonyl (C=O) groups excluding carboxylic acids is 1. The molecule has 0 bridgehead atoms. The van der Waals surface area contributed by atoms with Crippen LogP contribution < -0.4 is 4.90 Å². The van der Waals surface area contributed by atoms with Gasteiger partial charge in [0.15, 0.2) is 0 Å². The van der Waals surface area contributed by atoms with Crippen molar-refractivity contribution in [1.82, 2.24) is 9.88 Å². The molecule has 1 saturated heterocycles. The van der Waals surface area contributed by atoms with Gasteiger partial charge in [-0.05, 0) is 38.8 Å². The van der Waals surface area contributed by atoms with Crippen LogP contribution in [0.5, 0.6) is 0 Å². The van der Waals surface area contributed by atoms with E-state index in [1.54, 1.807) is 17.3 Å². The zero-order valence-electron chi connectivity index (χ0n) is 11.4. The Kier molecular flexibility index (Phi) is 3.55. The quantitative estimate of drug-likeness (QED) is 0.818. The van der Waals surface area contributed by atoms with Crippen molar-refractivity contribution >= 4 is 11.6 Å². The maximum atomic E-state index is 12.6. The standard InChI is InChI=1S/C14H21N3O/c1-4-16(3)13(18)14(2)8-5-11-17(14)12-6-9-15-10-7-12/h6-7,9-10H,4-5,8,11H2,1-3H3/t14-/m0/s1. The highest BCUT2D eigenvalue weighted by Crippen LogP contribution is 2.34. The molecule has 0 saturated carbocycles. The summed E-state index contributed by atoms with van der Waals surface area (Å²) < 4.78 is 0. The molecule has 2 heterocycles. The minimum Gasteiger partial charge on any atom is -0.357 e. The second-order valence-electron chi connectivity index (χ2n) is 5.05. The van der Waals surface area contributed by atoms with E-state index in [4.69, 9.17) is 0 Å². The number of rotatable bonds is 3. The summed E-state index contributed by atoms with van der Waals surface area (Å²) in [6, 6.07) is 3.95. The Labute approximate surface area is 109 Å². The van der Waals surface area contributed by atoms with Crippen LogP contribution in [0.4, 0.5) is 5.69 Å². The van der Waals surface area contributed by atoms with Gasteiger partial charge in [-0.2, -0.15) is 0 Å². The number of pyridine rings is 1. The molecule has 0 N–H and O–H groups in total. The van der Waals surface area contributed by atoms with Gasteiger partial charge in [0.05, 0.1) is 0 Å². The van der Waals surface area contributed by atoms with Crippen LogP contribution in [0.2, 0.25) is 0 Å². The first-order valence-electron chi connectivity index (χ1n) is 6.53. The largest absolute Gasteiger partial charge is 0.357 e. The van der Waals surface area contributed by atoms with Gasteiger partial charge in [0.1, 0.15) is 5.54 Å². The van der Waals surface area contributed by atoms with Crippen LogP contribution in [0.25, 0.3) is 0 Å². The molecule has 98 valence electrons. The van der Waals surface area contributed by atoms with Gasteiger partial charge in [-0.3, -0.25) is 9.78 Å². The summed E-state index contributed by atoms with van der Waals surface area (Å²) in [5.74, 6) is 0.208. The van der Waals surface area contributed by atoms with Gasteiger partial charge in [0, 0.05) is 38.2 Å². The average Bonchev–Trinajstić information content (AvgIpc) is 2.81. The number of anilines is 1. The summed E-state index contributed by atoms with van der Waals surface area (Å²) in [6.45, 7) is 5.74. The molecule has 1 aliphatic heterocycles. The SMILES string of the molecule is CCN(C)C(=O)[C@]1(C)CCCN1c1ccncc1. The summed E-state index contributed by atoms with van der Waals surface area (Å²) in [5, 5.41) is 0. The van der Waals surface area contributed by atoms with Crippen molar-refractivity contribution in [1.29, 1.82) is 0 Å². The van der Waals surface area contributed by atoms with Gasteiger partial charge in [0.2, 0.25) is 5.91 Å². The predicted molar refractivity (Wildman–Crippen MR) is 72.5 cm³/mol. The molecule has 4 nitrogen and oxygen atoms in total. The summed E-state index contributed by atoms with van der Waals surface area (Å²) in [6.07, 6.45) is 5.53. The molecule has 1 amide bonds. The zero-order valence-corrected chi connectivity index (χ0v) is 11.4. The Morgan fingerprint density at radius 1 is 1.50 bits per heavy atom. The third-order valence-electron chi connectivity index (χ3n) is 3.90. The Bertz CT molecular complexity index is 420. The van der Waals surface area contributed by atoms with Crippen LogP contribution in [0, 0.1) is 0 Å². The fraction of sp³-hybridized carbons (Fsp3) is 0.571. The Morgan fingerprint density at radius 3 is 2.78 bits per heavy atom. The lowest BCUT2D eigenvalue weighted by molar-refractivity contribution is -0.134. The monoisotopic (exact) mass is 247 g/mol. The minimum absolute atomic E-state index is 0.208. The fourth-order valence-corrected chi connectivity index (χ4v) is 2.68. The van der Waals surface area contributed by atoms with Crippen molar-refractivity contribution in [3.05, 3.63) is 24.5 Å². The van der Waals surface area contributed by atoms with Crippen molar-refractivity contribution < 1.29 is 4.79 Å². The maximum absolute atomic E-state index is 12.6. The van der Waals surface area contributed by atoms with E-state index in [1.165, 1.54) is 0 Å². The molecule has 4 heteroatoms. The molecule has 0 spiro atoms. The molecule has 1 aromatic rings. The van der Waals surface area contributed by atoms with Gasteiger partial charge < -0.3 is 9.80 Å². The third kappa shape index (κ3) is 2.07. The Balaban J connectivity index is 2.29. The van der Waals surface area contributed by atoms with Crippen molar-refractivity contribution in [2.24, 2.45) is 0 Å². The second kappa shape index (κ2) is 4.96. The van der Waals surface area contributed by atoms with Gasteiger partial charge in [-0.15, -0.1) is 0 Å². The van der Waals surface area contributed by atoms with E-state index in [-0.39, 0.29) is 5.91 Å². The number of hydrogen-bond acceptors (Lipinski definition) is 3. The van der Waals surface area contributed by atoms with Gasteiger partial charge in [-0.25, -0.2) is 0 Å². The lowest BCUT2D eigenvalue weighted by Crippen LogP contribution is -2.54. The van der Waals surface area contributed by atoms with Crippen LogP contribution in [0.1, 0.15) is 26.7 Å². The van der Waals surface area contributed by atoms with E-state index in [0.29, 0.717) is 0 Å². The molecule has 1 aromatic heterocycles. The molecule has 0 radical (unpaired) electrons. The molecule has 1 fully saturated rings. The van der Waals surface area contributed by atoms with E-state index < -0.39 is 5.54 Å². The normalized spacial score (nSPS) is 23.2. The lowest BCUT2D eigenvalue weighted by Gasteiger charge is -2.38. The number of hydrogen-bond donors (Lipinski definition) is 0. The van der Waals surface area contributed by atoms with Gasteiger partial charge in [-0.1, -0.05) is 0 Å². The van der Waals surface area contributed by atoms with E-state index in [2.05, 4.69) is 16.8 Å². The number of aromatic nitrogens is 1. The first-order valence-corrected chi connectivity index (χ1v) is 6.53. The van der Waals surface area contributed by atoms with E-state index in [9.17, 15) is 4.79 Å². The zero-order chi connectivity index (χ0) is 13.2. The van der Waals surface area contributed by atoms with Crippen molar-refractivity contribution in [3.8, 4) is 0 Å². The highest BCUT2D eigenvalue weighted by Gasteiger charge is 2.44. The first-order chi connectivity index (χ1) is 8.59. The summed E-state index contributed by atoms with van der Waals surface area (Å²) in [4.78, 5) is 20.6. The van der Waals surface area contributed by atoms with Crippen LogP contribution in [-0.4, -0.2) is 41.5 Å². The van der Waals surface area contributed by atoms with E-state index in [1.807, 2.05) is 26.1 Å². The highest BCUT2D eigenvalue weighted by molar-refractivity contribution is 5.90. The Morgan fingerprint density at radius 2 is 2.17 bits per heavy atom. The molecule has 2 rings (SSSR count). The summed E-state index contributed by atoms with van der Waals surface area (Å²) in [5.41, 5.74) is 0.675. The average molecular weight is 247 g/mol. The van der Waals surface area contributed by atoms with Crippen LogP contribution in [0.3, 0.4) is 0 Å². The van der Waals surface area contributed by atoms with E-state index >= 15 is 0 Å². The highest BCUT2D eigenvalue weighted by atomic mass is 16.2. The Hall–Kier alpha value is -1.58. The molecule has 0 aliphatic carbocycles. The molecular formula is C14H21N3O. The maximum Gasteiger partial charge on any atom is 0.247 e. The first kappa shape index (κ1) is 12.9.